The van der Waals surface area contributed by atoms with Gasteiger partial charge in [-0.05, 0) is 40.2 Å². The largest absolute Gasteiger partial charge is 0.497 e. The van der Waals surface area contributed by atoms with Gasteiger partial charge < -0.3 is 14.8 Å². The zero-order chi connectivity index (χ0) is 18.9. The van der Waals surface area contributed by atoms with E-state index in [9.17, 15) is 9.59 Å². The van der Waals surface area contributed by atoms with E-state index >= 15 is 0 Å². The van der Waals surface area contributed by atoms with Crippen LogP contribution in [0, 0.1) is 0 Å². The molecule has 0 radical (unpaired) electrons. The number of hydrogen-bond donors (Lipinski definition) is 2. The van der Waals surface area contributed by atoms with Crippen molar-refractivity contribution in [2.24, 2.45) is 5.10 Å². The minimum absolute atomic E-state index is 0.197. The summed E-state index contributed by atoms with van der Waals surface area (Å²) in [4.78, 5) is 23.8. The average Bonchev–Trinajstić information content (AvgIpc) is 2.66. The fourth-order valence-electron chi connectivity index (χ4n) is 2.04. The number of hydrazone groups is 1. The van der Waals surface area contributed by atoms with Crippen molar-refractivity contribution >= 4 is 34.0 Å². The number of nitrogens with zero attached hydrogens (tertiary/aromatic N) is 1. The number of methoxy groups -OCH3 is 2. The number of carbonyl (C=O) groups is 2. The van der Waals surface area contributed by atoms with Crippen LogP contribution in [-0.2, 0) is 4.79 Å². The van der Waals surface area contributed by atoms with Gasteiger partial charge in [-0.1, -0.05) is 12.1 Å². The highest BCUT2D eigenvalue weighted by molar-refractivity contribution is 9.10. The number of rotatable bonds is 7. The Hall–Kier alpha value is -2.87. The Labute approximate surface area is 159 Å². The topological polar surface area (TPSA) is 89.0 Å². The van der Waals surface area contributed by atoms with Crippen LogP contribution in [0.1, 0.15) is 15.9 Å². The minimum atomic E-state index is -0.450. The lowest BCUT2D eigenvalue weighted by atomic mass is 10.2. The molecule has 0 unspecified atom stereocenters. The summed E-state index contributed by atoms with van der Waals surface area (Å²) < 4.78 is 11.0. The van der Waals surface area contributed by atoms with Crippen molar-refractivity contribution in [3.05, 3.63) is 58.1 Å². The number of benzene rings is 2. The molecule has 0 aromatic heterocycles. The third-order valence-corrected chi connectivity index (χ3v) is 4.05. The number of ether oxygens (including phenoxy) is 2. The molecule has 0 heterocycles. The predicted octanol–water partition coefficient (Wildman–Crippen LogP) is 2.35. The number of carbonyl (C=O) groups excluding carboxylic acids is 2. The van der Waals surface area contributed by atoms with Gasteiger partial charge in [0, 0.05) is 16.1 Å². The van der Waals surface area contributed by atoms with E-state index in [1.807, 2.05) is 0 Å². The van der Waals surface area contributed by atoms with E-state index < -0.39 is 5.91 Å². The standard InChI is InChI=1S/C18H18BrN3O4/c1-25-13-8-7-12(16(9-13)26-2)10-21-22-17(23)11-20-18(24)14-5-3-4-6-15(14)19/h3-10H,11H2,1-2H3,(H,20,24)(H,22,23)/b21-10-. The Morgan fingerprint density at radius 2 is 1.92 bits per heavy atom. The van der Waals surface area contributed by atoms with Gasteiger partial charge in [0.15, 0.2) is 0 Å². The summed E-state index contributed by atoms with van der Waals surface area (Å²) in [6.07, 6.45) is 1.45. The van der Waals surface area contributed by atoms with Crippen LogP contribution < -0.4 is 20.2 Å². The van der Waals surface area contributed by atoms with Crippen LogP contribution in [0.5, 0.6) is 11.5 Å². The first kappa shape index (κ1) is 19.5. The van der Waals surface area contributed by atoms with Gasteiger partial charge in [-0.2, -0.15) is 5.10 Å². The normalized spacial score (nSPS) is 10.4. The second-order valence-corrected chi connectivity index (χ2v) is 5.92. The third-order valence-electron chi connectivity index (χ3n) is 3.36. The maximum Gasteiger partial charge on any atom is 0.259 e. The quantitative estimate of drug-likeness (QED) is 0.532. The maximum atomic E-state index is 12.0. The molecule has 2 aromatic rings. The van der Waals surface area contributed by atoms with Crippen LogP contribution >= 0.6 is 15.9 Å². The monoisotopic (exact) mass is 419 g/mol. The van der Waals surface area contributed by atoms with E-state index in [1.54, 1.807) is 49.6 Å². The smallest absolute Gasteiger partial charge is 0.259 e. The van der Waals surface area contributed by atoms with Crippen LogP contribution in [0.4, 0.5) is 0 Å². The lowest BCUT2D eigenvalue weighted by Crippen LogP contribution is -2.35. The molecule has 0 fully saturated rings. The highest BCUT2D eigenvalue weighted by Gasteiger charge is 2.10. The fourth-order valence-corrected chi connectivity index (χ4v) is 2.50. The molecule has 136 valence electrons. The second kappa shape index (κ2) is 9.57. The lowest BCUT2D eigenvalue weighted by molar-refractivity contribution is -0.120. The number of halogens is 1. The fraction of sp³-hybridized carbons (Fsp3) is 0.167. The Kier molecular flexibility index (Phi) is 7.16. The first-order valence-corrected chi connectivity index (χ1v) is 8.41. The van der Waals surface area contributed by atoms with E-state index in [-0.39, 0.29) is 12.5 Å². The van der Waals surface area contributed by atoms with Crippen LogP contribution in [-0.4, -0.2) is 38.8 Å². The predicted molar refractivity (Wildman–Crippen MR) is 102 cm³/mol. The zero-order valence-electron chi connectivity index (χ0n) is 14.3. The van der Waals surface area contributed by atoms with Crippen LogP contribution in [0.15, 0.2) is 52.0 Å². The number of amides is 2. The molecule has 0 atom stereocenters. The highest BCUT2D eigenvalue weighted by Crippen LogP contribution is 2.23. The molecule has 2 aromatic carbocycles. The Morgan fingerprint density at radius 3 is 2.62 bits per heavy atom. The summed E-state index contributed by atoms with van der Waals surface area (Å²) in [5.41, 5.74) is 3.47. The number of hydrogen-bond acceptors (Lipinski definition) is 5. The van der Waals surface area contributed by atoms with Crippen molar-refractivity contribution in [1.29, 1.82) is 0 Å². The molecule has 0 aliphatic carbocycles. The Bertz CT molecular complexity index is 824. The van der Waals surface area contributed by atoms with Gasteiger partial charge in [-0.15, -0.1) is 0 Å². The van der Waals surface area contributed by atoms with Crippen molar-refractivity contribution in [1.82, 2.24) is 10.7 Å². The van der Waals surface area contributed by atoms with Crippen LogP contribution in [0.3, 0.4) is 0 Å². The SMILES string of the molecule is COc1ccc(/C=N\NC(=O)CNC(=O)c2ccccc2Br)c(OC)c1. The van der Waals surface area contributed by atoms with E-state index in [2.05, 4.69) is 31.8 Å². The molecule has 0 bridgehead atoms. The van der Waals surface area contributed by atoms with E-state index in [0.29, 0.717) is 27.1 Å². The summed E-state index contributed by atoms with van der Waals surface area (Å²) in [6, 6.07) is 12.2. The maximum absolute atomic E-state index is 12.0. The molecule has 7 nitrogen and oxygen atoms in total. The molecule has 2 N–H and O–H groups in total. The van der Waals surface area contributed by atoms with Crippen LogP contribution in [0.25, 0.3) is 0 Å². The van der Waals surface area contributed by atoms with Gasteiger partial charge in [0.2, 0.25) is 0 Å². The molecule has 26 heavy (non-hydrogen) atoms. The van der Waals surface area contributed by atoms with Gasteiger partial charge in [0.25, 0.3) is 11.8 Å². The van der Waals surface area contributed by atoms with E-state index in [0.717, 1.165) is 0 Å². The molecule has 0 spiro atoms. The number of nitrogens with one attached hydrogen (secondary N) is 2. The lowest BCUT2D eigenvalue weighted by Gasteiger charge is -2.07. The van der Waals surface area contributed by atoms with Crippen molar-refractivity contribution in [3.8, 4) is 11.5 Å². The third kappa shape index (κ3) is 5.32. The summed E-state index contributed by atoms with van der Waals surface area (Å²) in [6.45, 7) is -0.197. The van der Waals surface area contributed by atoms with Crippen molar-refractivity contribution in [2.75, 3.05) is 20.8 Å². The van der Waals surface area contributed by atoms with E-state index in [4.69, 9.17) is 9.47 Å². The summed E-state index contributed by atoms with van der Waals surface area (Å²) >= 11 is 3.29. The van der Waals surface area contributed by atoms with Gasteiger partial charge in [0.05, 0.1) is 32.5 Å². The molecule has 2 amide bonds. The Balaban J connectivity index is 1.88. The van der Waals surface area contributed by atoms with Gasteiger partial charge in [-0.25, -0.2) is 5.43 Å². The molecular formula is C18H18BrN3O4. The molecule has 2 rings (SSSR count). The van der Waals surface area contributed by atoms with Crippen molar-refractivity contribution in [3.63, 3.8) is 0 Å². The van der Waals surface area contributed by atoms with Crippen molar-refractivity contribution < 1.29 is 19.1 Å². The molecule has 0 aliphatic heterocycles. The van der Waals surface area contributed by atoms with Crippen molar-refractivity contribution in [2.45, 2.75) is 0 Å². The molecule has 0 saturated heterocycles. The summed E-state index contributed by atoms with van der Waals surface area (Å²) in [5.74, 6) is 0.407. The highest BCUT2D eigenvalue weighted by atomic mass is 79.9. The first-order chi connectivity index (χ1) is 12.5. The first-order valence-electron chi connectivity index (χ1n) is 7.61. The van der Waals surface area contributed by atoms with Gasteiger partial charge in [-0.3, -0.25) is 9.59 Å². The van der Waals surface area contributed by atoms with Gasteiger partial charge in [0.1, 0.15) is 11.5 Å². The van der Waals surface area contributed by atoms with E-state index in [1.165, 1.54) is 13.3 Å². The zero-order valence-corrected chi connectivity index (χ0v) is 15.9. The second-order valence-electron chi connectivity index (χ2n) is 5.06. The summed E-state index contributed by atoms with van der Waals surface area (Å²) in [7, 11) is 3.09. The molecule has 8 heteroatoms. The average molecular weight is 420 g/mol. The van der Waals surface area contributed by atoms with Crippen LogP contribution in [0.2, 0.25) is 0 Å². The minimum Gasteiger partial charge on any atom is -0.497 e. The summed E-state index contributed by atoms with van der Waals surface area (Å²) in [5, 5.41) is 6.40. The van der Waals surface area contributed by atoms with Gasteiger partial charge >= 0.3 is 0 Å². The molecule has 0 aliphatic rings. The molecular weight excluding hydrogens is 402 g/mol. The molecule has 0 saturated carbocycles. The Morgan fingerprint density at radius 1 is 1.15 bits per heavy atom.